The summed E-state index contributed by atoms with van der Waals surface area (Å²) in [5.74, 6) is 0. The molecule has 0 unspecified atom stereocenters. The second-order valence-electron chi connectivity index (χ2n) is 17.7. The number of likely N-dealkylation sites (N-methyl/N-ethyl adjacent to an activating group) is 1. The zero-order chi connectivity index (χ0) is 54.2. The van der Waals surface area contributed by atoms with Gasteiger partial charge >= 0.3 is 0 Å². The highest BCUT2D eigenvalue weighted by atomic mass is 15.1. The van der Waals surface area contributed by atoms with Crippen LogP contribution in [0.1, 0.15) is 62.3 Å². The van der Waals surface area contributed by atoms with Gasteiger partial charge in [0.05, 0.1) is 11.4 Å². The highest BCUT2D eigenvalue weighted by Crippen LogP contribution is 2.35. The van der Waals surface area contributed by atoms with Gasteiger partial charge in [0.2, 0.25) is 0 Å². The summed E-state index contributed by atoms with van der Waals surface area (Å²) in [6.07, 6.45) is 39.3. The molecule has 0 radical (unpaired) electrons. The number of fused-ring (bicyclic) bond motifs is 3. The first-order chi connectivity index (χ1) is 37.2. The number of hydrogen-bond acceptors (Lipinski definition) is 5. The lowest BCUT2D eigenvalue weighted by molar-refractivity contribution is 1.04. The van der Waals surface area contributed by atoms with Gasteiger partial charge in [0, 0.05) is 54.3 Å². The maximum absolute atomic E-state index is 6.72. The van der Waals surface area contributed by atoms with Gasteiger partial charge in [-0.2, -0.15) is 0 Å². The van der Waals surface area contributed by atoms with Crippen LogP contribution in [-0.2, 0) is 6.42 Å². The van der Waals surface area contributed by atoms with Crippen molar-refractivity contribution in [3.63, 3.8) is 0 Å². The van der Waals surface area contributed by atoms with Crippen molar-refractivity contribution in [3.05, 3.63) is 320 Å². The molecule has 1 aliphatic carbocycles. The minimum Gasteiger partial charge on any atom is -0.397 e. The minimum absolute atomic E-state index is 0.585. The molecule has 1 aliphatic heterocycles. The molecule has 0 saturated heterocycles. The zero-order valence-electron chi connectivity index (χ0n) is 45.3. The van der Waals surface area contributed by atoms with Crippen molar-refractivity contribution in [1.82, 2.24) is 0 Å². The standard InChI is InChI=1S/C51H49N5.C11H12.C6H8.C3H8/c1-5-17-51(56(4)45-24-10-7-11-25-45)48(52)36-38(2)28-29-39(30-31-41-19-13-15-27-49(41)53-3)42-32-33-47-46-26-14-12-18-40(46)20-16-23-44(34-35-54-50(47)37-42)55-43-21-8-6-9-22-43;1-3-10(4-2)11-8-6-5-7-9-11;1-2-4-6-5-3-1;1-3-2/h5-30,32-37,53-55H,1-2,31,52H2,3-4H3;3-9H,1H2,2H3;1-4H,5-6H2;3H2,1-2H3/b20-16-,29-28-,35-34+,39-30+,44-23+,48-36+,51-17+;10-4+;;. The summed E-state index contributed by atoms with van der Waals surface area (Å²) in [6.45, 7) is 18.3. The highest BCUT2D eigenvalue weighted by molar-refractivity contribution is 5.88. The number of para-hydroxylation sites is 3. The van der Waals surface area contributed by atoms with E-state index < -0.39 is 0 Å². The Morgan fingerprint density at radius 1 is 0.711 bits per heavy atom. The van der Waals surface area contributed by atoms with Gasteiger partial charge < -0.3 is 26.6 Å². The molecule has 5 heteroatoms. The van der Waals surface area contributed by atoms with Crippen LogP contribution < -0.4 is 26.6 Å². The van der Waals surface area contributed by atoms with Gasteiger partial charge in [-0.15, -0.1) is 0 Å². The van der Waals surface area contributed by atoms with E-state index in [0.29, 0.717) is 5.70 Å². The zero-order valence-corrected chi connectivity index (χ0v) is 45.3. The summed E-state index contributed by atoms with van der Waals surface area (Å²) in [6, 6.07) is 54.0. The van der Waals surface area contributed by atoms with Gasteiger partial charge in [0.25, 0.3) is 0 Å². The quantitative estimate of drug-likeness (QED) is 0.0772. The van der Waals surface area contributed by atoms with Crippen molar-refractivity contribution >= 4 is 40.0 Å². The SMILES string of the molecule is C1=CCCC=C1.C=C/C(=C\C)c1ccccc1.C=C/C=C(\C(N)=C/C(=C)/C=C\C(=C/Cc1ccccc1NC)c1ccc2c(c1)N/C=C/C(Nc1ccccc1)=C\C=C/c1ccccc1-2)N(C)c1ccccc1.CCC. The van der Waals surface area contributed by atoms with Crippen LogP contribution >= 0.6 is 0 Å². The Hall–Kier alpha value is -9.06. The van der Waals surface area contributed by atoms with E-state index in [-0.39, 0.29) is 0 Å². The smallest absolute Gasteiger partial charge is 0.0641 e. The number of nitrogens with two attached hydrogens (primary N) is 1. The molecule has 0 atom stereocenters. The molecular weight excluding hydrogens is 923 g/mol. The Bertz CT molecular complexity index is 3090. The Labute approximate surface area is 455 Å². The van der Waals surface area contributed by atoms with E-state index in [0.717, 1.165) is 74.0 Å². The second kappa shape index (κ2) is 32.9. The molecular formula is C71H77N5. The molecule has 5 nitrogen and oxygen atoms in total. The normalized spacial score (nSPS) is 14.5. The largest absolute Gasteiger partial charge is 0.397 e. The lowest BCUT2D eigenvalue weighted by Gasteiger charge is -2.23. The number of rotatable bonds is 15. The second-order valence-corrected chi connectivity index (χ2v) is 17.7. The molecule has 6 aromatic carbocycles. The van der Waals surface area contributed by atoms with Crippen LogP contribution in [0.15, 0.2) is 297 Å². The van der Waals surface area contributed by atoms with Crippen molar-refractivity contribution < 1.29 is 0 Å². The summed E-state index contributed by atoms with van der Waals surface area (Å²) >= 11 is 0. The van der Waals surface area contributed by atoms with E-state index in [9.17, 15) is 0 Å². The van der Waals surface area contributed by atoms with Gasteiger partial charge in [-0.05, 0) is 131 Å². The molecule has 8 rings (SSSR count). The Morgan fingerprint density at radius 2 is 1.36 bits per heavy atom. The summed E-state index contributed by atoms with van der Waals surface area (Å²) in [7, 11) is 3.95. The van der Waals surface area contributed by atoms with Crippen LogP contribution in [-0.4, -0.2) is 14.1 Å². The first-order valence-corrected chi connectivity index (χ1v) is 26.2. The molecule has 0 amide bonds. The van der Waals surface area contributed by atoms with Crippen molar-refractivity contribution in [1.29, 1.82) is 0 Å². The van der Waals surface area contributed by atoms with Gasteiger partial charge in [-0.3, -0.25) is 0 Å². The maximum atomic E-state index is 6.72. The van der Waals surface area contributed by atoms with Crippen molar-refractivity contribution in [2.24, 2.45) is 5.73 Å². The van der Waals surface area contributed by atoms with Crippen molar-refractivity contribution in [2.45, 2.75) is 46.5 Å². The maximum Gasteiger partial charge on any atom is 0.0641 e. The molecule has 6 aromatic rings. The molecule has 0 spiro atoms. The number of nitrogens with zero attached hydrogens (tertiary/aromatic N) is 1. The molecule has 386 valence electrons. The van der Waals surface area contributed by atoms with E-state index in [1.807, 2.05) is 123 Å². The lowest BCUT2D eigenvalue weighted by atomic mass is 9.93. The fourth-order valence-electron chi connectivity index (χ4n) is 8.11. The number of hydrogen-bond donors (Lipinski definition) is 4. The summed E-state index contributed by atoms with van der Waals surface area (Å²) in [5, 5.41) is 10.5. The number of anilines is 4. The van der Waals surface area contributed by atoms with Gasteiger partial charge in [-0.25, -0.2) is 0 Å². The molecule has 1 heterocycles. The fraction of sp³-hybridized carbons (Fsp3) is 0.127. The van der Waals surface area contributed by atoms with Crippen LogP contribution in [0.5, 0.6) is 0 Å². The third-order valence-corrected chi connectivity index (χ3v) is 12.0. The molecule has 0 saturated carbocycles. The van der Waals surface area contributed by atoms with Crippen LogP contribution in [0, 0.1) is 0 Å². The topological polar surface area (TPSA) is 65.3 Å². The minimum atomic E-state index is 0.585. The van der Waals surface area contributed by atoms with Crippen LogP contribution in [0.25, 0.3) is 28.3 Å². The molecule has 0 bridgehead atoms. The first kappa shape index (κ1) is 57.8. The fourth-order valence-corrected chi connectivity index (χ4v) is 8.11. The van der Waals surface area contributed by atoms with E-state index in [4.69, 9.17) is 5.73 Å². The summed E-state index contributed by atoms with van der Waals surface area (Å²) in [4.78, 5) is 2.05. The number of allylic oxidation sites excluding steroid dienone is 18. The molecule has 0 aromatic heterocycles. The first-order valence-electron chi connectivity index (χ1n) is 26.2. The van der Waals surface area contributed by atoms with Crippen molar-refractivity contribution in [3.8, 4) is 11.1 Å². The third-order valence-electron chi connectivity index (χ3n) is 12.0. The predicted octanol–water partition coefficient (Wildman–Crippen LogP) is 18.7. The Balaban J connectivity index is 0.000000444. The Morgan fingerprint density at radius 3 is 2.00 bits per heavy atom. The lowest BCUT2D eigenvalue weighted by Crippen LogP contribution is -2.21. The third kappa shape index (κ3) is 18.8. The number of benzene rings is 6. The van der Waals surface area contributed by atoms with E-state index in [1.165, 1.54) is 36.0 Å². The predicted molar refractivity (Wildman–Crippen MR) is 337 cm³/mol. The molecule has 0 fully saturated rings. The number of nitrogens with one attached hydrogen (secondary N) is 3. The molecule has 2 aliphatic rings. The van der Waals surface area contributed by atoms with Crippen LogP contribution in [0.2, 0.25) is 0 Å². The monoisotopic (exact) mass is 1000 g/mol. The molecule has 76 heavy (non-hydrogen) atoms. The summed E-state index contributed by atoms with van der Waals surface area (Å²) < 4.78 is 0. The van der Waals surface area contributed by atoms with Crippen LogP contribution in [0.4, 0.5) is 22.7 Å². The average molecular weight is 1000 g/mol. The van der Waals surface area contributed by atoms with E-state index in [2.05, 4.69) is 207 Å². The summed E-state index contributed by atoms with van der Waals surface area (Å²) in [5.41, 5.74) is 23.1. The van der Waals surface area contributed by atoms with Crippen LogP contribution in [0.3, 0.4) is 0 Å². The van der Waals surface area contributed by atoms with Gasteiger partial charge in [0.1, 0.15) is 0 Å². The van der Waals surface area contributed by atoms with Gasteiger partial charge in [0.15, 0.2) is 0 Å². The average Bonchev–Trinajstić information content (AvgIpc) is 3.50. The van der Waals surface area contributed by atoms with Gasteiger partial charge in [-0.1, -0.05) is 234 Å². The van der Waals surface area contributed by atoms with E-state index in [1.54, 1.807) is 6.08 Å². The van der Waals surface area contributed by atoms with E-state index >= 15 is 0 Å². The Kier molecular flexibility index (Phi) is 25.0. The highest BCUT2D eigenvalue weighted by Gasteiger charge is 2.13. The van der Waals surface area contributed by atoms with Crippen molar-refractivity contribution in [2.75, 3.05) is 34.9 Å². The molecule has 5 N–H and O–H groups in total.